The van der Waals surface area contributed by atoms with Crippen molar-refractivity contribution in [2.24, 2.45) is 0 Å². The minimum atomic E-state index is -1.02. The Kier molecular flexibility index (Phi) is 6.88. The summed E-state index contributed by atoms with van der Waals surface area (Å²) in [6.45, 7) is 8.36. The number of hydrogen-bond acceptors (Lipinski definition) is 7. The molecule has 0 radical (unpaired) electrons. The molecule has 1 unspecified atom stereocenters. The highest BCUT2D eigenvalue weighted by molar-refractivity contribution is 6.35. The smallest absolute Gasteiger partial charge is 0.261 e. The number of amides is 2. The molecule has 39 heavy (non-hydrogen) atoms. The second-order valence-electron chi connectivity index (χ2n) is 10.7. The summed E-state index contributed by atoms with van der Waals surface area (Å²) < 4.78 is 21.2. The lowest BCUT2D eigenvalue weighted by Crippen LogP contribution is -2.57. The van der Waals surface area contributed by atoms with E-state index in [0.29, 0.717) is 6.54 Å². The summed E-state index contributed by atoms with van der Waals surface area (Å²) >= 11 is 6.83. The van der Waals surface area contributed by atoms with Crippen LogP contribution in [0, 0.1) is 5.82 Å². The maximum absolute atomic E-state index is 15.0. The second-order valence-corrected chi connectivity index (χ2v) is 11.1. The van der Waals surface area contributed by atoms with Crippen molar-refractivity contribution in [2.75, 3.05) is 51.8 Å². The number of fused-ring (bicyclic) bond motifs is 2. The third-order valence-corrected chi connectivity index (χ3v) is 8.23. The number of nitrogens with zero attached hydrogens (tertiary/aromatic N) is 5. The van der Waals surface area contributed by atoms with Gasteiger partial charge in [-0.05, 0) is 46.2 Å². The normalized spacial score (nSPS) is 22.4. The minimum Gasteiger partial charge on any atom is -0.489 e. The van der Waals surface area contributed by atoms with Crippen LogP contribution < -0.4 is 9.64 Å². The summed E-state index contributed by atoms with van der Waals surface area (Å²) in [7, 11) is 3.65. The molecule has 0 bridgehead atoms. The van der Waals surface area contributed by atoms with Gasteiger partial charge in [0.25, 0.3) is 5.91 Å². The first-order valence-electron chi connectivity index (χ1n) is 12.8. The van der Waals surface area contributed by atoms with Crippen molar-refractivity contribution in [3.05, 3.63) is 53.3 Å². The van der Waals surface area contributed by atoms with E-state index < -0.39 is 23.4 Å². The van der Waals surface area contributed by atoms with E-state index in [1.165, 1.54) is 12.1 Å². The number of pyridine rings is 1. The number of likely N-dealkylation sites (N-methyl/N-ethyl adjacent to an activating group) is 1. The van der Waals surface area contributed by atoms with E-state index in [0.717, 1.165) is 0 Å². The van der Waals surface area contributed by atoms with Gasteiger partial charge in [-0.2, -0.15) is 0 Å². The molecule has 3 aliphatic rings. The first kappa shape index (κ1) is 27.1. The Hall–Kier alpha value is -3.50. The molecule has 1 aromatic carbocycles. The summed E-state index contributed by atoms with van der Waals surface area (Å²) in [5, 5.41) is 0.0126. The first-order chi connectivity index (χ1) is 18.5. The van der Waals surface area contributed by atoms with E-state index in [4.69, 9.17) is 21.3 Å². The molecule has 4 heterocycles. The highest BCUT2D eigenvalue weighted by Crippen LogP contribution is 2.46. The maximum Gasteiger partial charge on any atom is 0.261 e. The van der Waals surface area contributed by atoms with E-state index >= 15 is 0 Å². The van der Waals surface area contributed by atoms with Gasteiger partial charge in [-0.25, -0.2) is 9.37 Å². The third kappa shape index (κ3) is 4.35. The van der Waals surface area contributed by atoms with E-state index in [1.54, 1.807) is 46.7 Å². The summed E-state index contributed by atoms with van der Waals surface area (Å²) in [5.41, 5.74) is -0.612. The fourth-order valence-corrected chi connectivity index (χ4v) is 5.87. The van der Waals surface area contributed by atoms with Gasteiger partial charge in [0, 0.05) is 31.7 Å². The molecule has 0 N–H and O–H groups in total. The van der Waals surface area contributed by atoms with Crippen LogP contribution in [0.15, 0.2) is 36.9 Å². The van der Waals surface area contributed by atoms with Crippen LogP contribution in [0.3, 0.4) is 0 Å². The van der Waals surface area contributed by atoms with Gasteiger partial charge in [0.1, 0.15) is 28.8 Å². The number of carbonyl (C=O) groups is 3. The fourth-order valence-electron chi connectivity index (χ4n) is 5.58. The number of piperazine rings is 1. The maximum atomic E-state index is 15.0. The molecule has 5 rings (SSSR count). The van der Waals surface area contributed by atoms with Gasteiger partial charge in [-0.15, -0.1) is 0 Å². The van der Waals surface area contributed by atoms with Crippen LogP contribution in [0.5, 0.6) is 5.75 Å². The number of hydrogen-bond donors (Lipinski definition) is 0. The van der Waals surface area contributed by atoms with Crippen molar-refractivity contribution in [3.63, 3.8) is 0 Å². The van der Waals surface area contributed by atoms with Gasteiger partial charge in [0.05, 0.1) is 23.3 Å². The molecule has 0 aliphatic carbocycles. The van der Waals surface area contributed by atoms with Crippen LogP contribution in [0.2, 0.25) is 5.02 Å². The van der Waals surface area contributed by atoms with E-state index in [-0.39, 0.29) is 77.2 Å². The van der Waals surface area contributed by atoms with Gasteiger partial charge in [-0.3, -0.25) is 19.3 Å². The molecule has 206 valence electrons. The predicted molar refractivity (Wildman–Crippen MR) is 146 cm³/mol. The van der Waals surface area contributed by atoms with E-state index in [2.05, 4.69) is 6.58 Å². The first-order valence-corrected chi connectivity index (χ1v) is 13.2. The van der Waals surface area contributed by atoms with Crippen molar-refractivity contribution in [1.29, 1.82) is 0 Å². The Balaban J connectivity index is 1.70. The lowest BCUT2D eigenvalue weighted by atomic mass is 9.97. The number of aromatic nitrogens is 1. The monoisotopic (exact) mass is 555 g/mol. The lowest BCUT2D eigenvalue weighted by molar-refractivity contribution is -0.128. The standard InChI is InChI=1S/C28H31ClFN5O4/c1-6-20(36)33-11-12-34-16(13-33)15-39-24-21(27(34)38)26(35-14-19(32(4)5)25(37)28(35,2)3)31-23(22(24)29)17-9-7-8-10-18(17)30/h6-10,16,19H,1,11-15H2,2-5H3/t16-,19?/m1/s1. The van der Waals surface area contributed by atoms with Crippen molar-refractivity contribution in [3.8, 4) is 17.0 Å². The highest BCUT2D eigenvalue weighted by Gasteiger charge is 2.51. The molecule has 2 saturated heterocycles. The lowest BCUT2D eigenvalue weighted by Gasteiger charge is -2.40. The molecule has 2 aromatic rings. The topological polar surface area (TPSA) is 86.3 Å². The molecule has 0 saturated carbocycles. The molecule has 2 amide bonds. The molecule has 2 atom stereocenters. The van der Waals surface area contributed by atoms with Crippen LogP contribution in [0.1, 0.15) is 24.2 Å². The summed E-state index contributed by atoms with van der Waals surface area (Å²) in [4.78, 5) is 51.6. The van der Waals surface area contributed by atoms with Gasteiger partial charge in [-0.1, -0.05) is 30.3 Å². The van der Waals surface area contributed by atoms with Gasteiger partial charge >= 0.3 is 0 Å². The second kappa shape index (κ2) is 9.91. The Morgan fingerprint density at radius 2 is 1.95 bits per heavy atom. The Morgan fingerprint density at radius 3 is 2.59 bits per heavy atom. The molecular weight excluding hydrogens is 525 g/mol. The zero-order valence-corrected chi connectivity index (χ0v) is 23.2. The van der Waals surface area contributed by atoms with Crippen molar-refractivity contribution >= 4 is 35.0 Å². The largest absolute Gasteiger partial charge is 0.489 e. The molecular formula is C28H31ClFN5O4. The number of ether oxygens (including phenoxy) is 1. The summed E-state index contributed by atoms with van der Waals surface area (Å²) in [5.74, 6) is -0.834. The average molecular weight is 556 g/mol. The number of Topliss-reactive ketones (excluding diaryl/α,β-unsaturated/α-hetero) is 1. The SMILES string of the molecule is C=CC(=O)N1CCN2C(=O)c3c(N4CC(N(C)C)C(=O)C4(C)C)nc(-c4ccccc4F)c(Cl)c3OC[C@H]2C1. The van der Waals surface area contributed by atoms with Crippen LogP contribution in [-0.4, -0.2) is 102 Å². The van der Waals surface area contributed by atoms with Crippen LogP contribution in [0.4, 0.5) is 10.2 Å². The summed E-state index contributed by atoms with van der Waals surface area (Å²) in [6.07, 6.45) is 1.25. The number of ketones is 1. The molecule has 11 heteroatoms. The number of carbonyl (C=O) groups excluding carboxylic acids is 3. The van der Waals surface area contributed by atoms with Crippen molar-refractivity contribution < 1.29 is 23.5 Å². The summed E-state index contributed by atoms with van der Waals surface area (Å²) in [6, 6.07) is 5.23. The number of rotatable bonds is 4. The molecule has 1 aromatic heterocycles. The van der Waals surface area contributed by atoms with Crippen LogP contribution in [0.25, 0.3) is 11.3 Å². The van der Waals surface area contributed by atoms with Crippen molar-refractivity contribution in [2.45, 2.75) is 31.5 Å². The van der Waals surface area contributed by atoms with Gasteiger partial charge < -0.3 is 19.4 Å². The van der Waals surface area contributed by atoms with Crippen molar-refractivity contribution in [1.82, 2.24) is 19.7 Å². The zero-order valence-electron chi connectivity index (χ0n) is 22.4. The minimum absolute atomic E-state index is 0.0126. The van der Waals surface area contributed by atoms with Crippen LogP contribution >= 0.6 is 11.6 Å². The third-order valence-electron chi connectivity index (χ3n) is 7.88. The zero-order chi connectivity index (χ0) is 28.2. The highest BCUT2D eigenvalue weighted by atomic mass is 35.5. The fraction of sp³-hybridized carbons (Fsp3) is 0.429. The van der Waals surface area contributed by atoms with Gasteiger partial charge in [0.15, 0.2) is 11.5 Å². The molecule has 2 fully saturated rings. The van der Waals surface area contributed by atoms with E-state index in [9.17, 15) is 18.8 Å². The number of halogens is 2. The quantitative estimate of drug-likeness (QED) is 0.536. The van der Waals surface area contributed by atoms with E-state index in [1.807, 2.05) is 19.0 Å². The predicted octanol–water partition coefficient (Wildman–Crippen LogP) is 2.87. The molecule has 9 nitrogen and oxygen atoms in total. The van der Waals surface area contributed by atoms with Gasteiger partial charge in [0.2, 0.25) is 5.91 Å². The molecule has 0 spiro atoms. The Morgan fingerprint density at radius 1 is 1.23 bits per heavy atom. The Bertz CT molecular complexity index is 1380. The average Bonchev–Trinajstić information content (AvgIpc) is 3.05. The number of benzene rings is 1. The Labute approximate surface area is 231 Å². The molecule has 3 aliphatic heterocycles. The number of anilines is 1. The van der Waals surface area contributed by atoms with Crippen LogP contribution in [-0.2, 0) is 9.59 Å².